The number of nitrogens with zero attached hydrogens (tertiary/aromatic N) is 1. The van der Waals surface area contributed by atoms with Gasteiger partial charge < -0.3 is 14.0 Å². The normalized spacial score (nSPS) is 43.3. The molecular weight excluding hydrogens is 374 g/mol. The van der Waals surface area contributed by atoms with E-state index in [1.165, 1.54) is 32.1 Å². The molecule has 0 radical (unpaired) electrons. The predicted molar refractivity (Wildman–Crippen MR) is 120 cm³/mol. The molecule has 0 aliphatic heterocycles. The van der Waals surface area contributed by atoms with E-state index in [4.69, 9.17) is 9.47 Å². The third-order valence-corrected chi connectivity index (χ3v) is 11.3. The maximum Gasteiger partial charge on any atom is 0.362 e. The molecule has 6 atom stereocenters. The van der Waals surface area contributed by atoms with E-state index in [2.05, 4.69) is 55.6 Å². The monoisotopic (exact) mass is 420 g/mol. The van der Waals surface area contributed by atoms with E-state index in [0.29, 0.717) is 33.9 Å². The summed E-state index contributed by atoms with van der Waals surface area (Å²) < 4.78 is 13.2. The maximum atomic E-state index is 12.8. The summed E-state index contributed by atoms with van der Waals surface area (Å²) in [5.74, 6) is 1.46. The molecule has 4 aliphatic rings. The van der Waals surface area contributed by atoms with Crippen LogP contribution in [0.5, 0.6) is 0 Å². The molecule has 4 bridgehead atoms. The number of carbonyl (C=O) groups is 1. The fraction of sp³-hybridized carbons (Fsp3) is 0.962. The molecule has 6 unspecified atom stereocenters. The van der Waals surface area contributed by atoms with Gasteiger partial charge in [-0.15, -0.1) is 0 Å². The van der Waals surface area contributed by atoms with Gasteiger partial charge in [0.2, 0.25) is 0 Å². The van der Waals surface area contributed by atoms with E-state index in [9.17, 15) is 4.79 Å². The van der Waals surface area contributed by atoms with Gasteiger partial charge in [-0.1, -0.05) is 41.5 Å². The van der Waals surface area contributed by atoms with E-state index in [-0.39, 0.29) is 22.9 Å². The van der Waals surface area contributed by atoms with Gasteiger partial charge in [0.25, 0.3) is 0 Å². The first-order valence-electron chi connectivity index (χ1n) is 12.4. The summed E-state index contributed by atoms with van der Waals surface area (Å²) in [6.07, 6.45) is 7.83. The van der Waals surface area contributed by atoms with Crippen LogP contribution in [0.25, 0.3) is 0 Å². The highest BCUT2D eigenvalue weighted by molar-refractivity contribution is 5.71. The molecule has 172 valence electrons. The molecule has 0 saturated heterocycles. The molecule has 0 aromatic heterocycles. The van der Waals surface area contributed by atoms with Crippen molar-refractivity contribution in [2.75, 3.05) is 33.8 Å². The van der Waals surface area contributed by atoms with Crippen LogP contribution in [0.1, 0.15) is 80.1 Å². The minimum Gasteiger partial charge on any atom is -0.458 e. The van der Waals surface area contributed by atoms with Gasteiger partial charge in [0, 0.05) is 5.41 Å². The molecule has 30 heavy (non-hydrogen) atoms. The van der Waals surface area contributed by atoms with Crippen molar-refractivity contribution in [1.82, 2.24) is 0 Å². The van der Waals surface area contributed by atoms with Gasteiger partial charge in [0.15, 0.2) is 6.54 Å². The Hall–Kier alpha value is -0.610. The summed E-state index contributed by atoms with van der Waals surface area (Å²) in [4.78, 5) is 12.8. The Balaban J connectivity index is 1.26. The van der Waals surface area contributed by atoms with Crippen molar-refractivity contribution in [1.29, 1.82) is 0 Å². The Morgan fingerprint density at radius 2 is 1.37 bits per heavy atom. The second kappa shape index (κ2) is 6.94. The highest BCUT2D eigenvalue weighted by Crippen LogP contribution is 2.67. The molecule has 4 aliphatic carbocycles. The average Bonchev–Trinajstić information content (AvgIpc) is 3.13. The highest BCUT2D eigenvalue weighted by atomic mass is 16.5. The quantitative estimate of drug-likeness (QED) is 0.427. The molecule has 4 nitrogen and oxygen atoms in total. The summed E-state index contributed by atoms with van der Waals surface area (Å²) in [5, 5.41) is 0. The largest absolute Gasteiger partial charge is 0.458 e. The van der Waals surface area contributed by atoms with Crippen LogP contribution in [0.2, 0.25) is 0 Å². The van der Waals surface area contributed by atoms with Crippen molar-refractivity contribution >= 4 is 5.97 Å². The SMILES string of the molecule is CC1(C)C2CCC1(C)C(OCC[N+](C)(C)CC(=O)OC1CC3CCC1(C)C3(C)C)C2. The highest BCUT2D eigenvalue weighted by Gasteiger charge is 2.63. The first-order valence-corrected chi connectivity index (χ1v) is 12.4. The fourth-order valence-electron chi connectivity index (χ4n) is 7.76. The van der Waals surface area contributed by atoms with Gasteiger partial charge in [0.05, 0.1) is 26.8 Å². The van der Waals surface area contributed by atoms with E-state index >= 15 is 0 Å². The number of fused-ring (bicyclic) bond motifs is 4. The number of rotatable bonds is 7. The Morgan fingerprint density at radius 3 is 1.80 bits per heavy atom. The van der Waals surface area contributed by atoms with Crippen molar-refractivity contribution in [2.24, 2.45) is 33.5 Å². The summed E-state index contributed by atoms with van der Waals surface area (Å²) in [7, 11) is 4.26. The summed E-state index contributed by atoms with van der Waals surface area (Å²) in [6, 6.07) is 0. The Bertz CT molecular complexity index is 698. The molecule has 0 N–H and O–H groups in total. The molecule has 0 aromatic carbocycles. The Labute approximate surface area is 184 Å². The van der Waals surface area contributed by atoms with Gasteiger partial charge in [-0.25, -0.2) is 4.79 Å². The Morgan fingerprint density at radius 1 is 0.867 bits per heavy atom. The zero-order valence-corrected chi connectivity index (χ0v) is 20.8. The predicted octanol–water partition coefficient (Wildman–Crippen LogP) is 5.05. The third-order valence-electron chi connectivity index (χ3n) is 11.3. The molecule has 0 amide bonds. The van der Waals surface area contributed by atoms with Crippen molar-refractivity contribution in [3.63, 3.8) is 0 Å². The molecule has 4 rings (SSSR count). The van der Waals surface area contributed by atoms with Gasteiger partial charge in [-0.2, -0.15) is 0 Å². The number of carbonyl (C=O) groups excluding carboxylic acids is 1. The van der Waals surface area contributed by atoms with Crippen LogP contribution in [-0.4, -0.2) is 56.5 Å². The molecule has 0 heterocycles. The Kier molecular flexibility index (Phi) is 5.22. The number of ether oxygens (including phenoxy) is 2. The first-order chi connectivity index (χ1) is 13.7. The zero-order chi connectivity index (χ0) is 22.2. The van der Waals surface area contributed by atoms with Crippen LogP contribution in [-0.2, 0) is 14.3 Å². The van der Waals surface area contributed by atoms with E-state index in [1.54, 1.807) is 0 Å². The smallest absolute Gasteiger partial charge is 0.362 e. The molecular formula is C26H46NO3+. The summed E-state index contributed by atoms with van der Waals surface area (Å²) in [5.41, 5.74) is 1.10. The fourth-order valence-corrected chi connectivity index (χ4v) is 7.76. The van der Waals surface area contributed by atoms with Crippen molar-refractivity contribution in [3.05, 3.63) is 0 Å². The van der Waals surface area contributed by atoms with Gasteiger partial charge in [-0.05, 0) is 66.6 Å². The lowest BCUT2D eigenvalue weighted by Gasteiger charge is -2.40. The topological polar surface area (TPSA) is 35.5 Å². The van der Waals surface area contributed by atoms with Crippen LogP contribution in [0.4, 0.5) is 0 Å². The van der Waals surface area contributed by atoms with Crippen LogP contribution >= 0.6 is 0 Å². The number of hydrogen-bond donors (Lipinski definition) is 0. The first kappa shape index (κ1) is 22.6. The number of esters is 1. The molecule has 0 spiro atoms. The second-order valence-electron chi connectivity index (χ2n) is 13.4. The summed E-state index contributed by atoms with van der Waals surface area (Å²) >= 11 is 0. The van der Waals surface area contributed by atoms with Crippen LogP contribution < -0.4 is 0 Å². The summed E-state index contributed by atoms with van der Waals surface area (Å²) in [6.45, 7) is 16.4. The van der Waals surface area contributed by atoms with Crippen molar-refractivity contribution in [3.8, 4) is 0 Å². The van der Waals surface area contributed by atoms with E-state index in [1.807, 2.05) is 0 Å². The lowest BCUT2D eigenvalue weighted by molar-refractivity contribution is -0.883. The van der Waals surface area contributed by atoms with E-state index in [0.717, 1.165) is 25.5 Å². The van der Waals surface area contributed by atoms with Gasteiger partial charge in [-0.3, -0.25) is 0 Å². The minimum absolute atomic E-state index is 0.0393. The maximum absolute atomic E-state index is 12.8. The van der Waals surface area contributed by atoms with E-state index < -0.39 is 0 Å². The van der Waals surface area contributed by atoms with Gasteiger partial charge >= 0.3 is 5.97 Å². The standard InChI is InChI=1S/C26H46NO3/c1-23(2)18-9-11-25(23,5)20(15-18)29-14-13-27(7,8)17-22(28)30-21-16-19-10-12-26(21,6)24(19,3)4/h18-21H,9-17H2,1-8H3/q+1. The molecule has 4 saturated carbocycles. The van der Waals surface area contributed by atoms with Crippen molar-refractivity contribution in [2.45, 2.75) is 92.3 Å². The van der Waals surface area contributed by atoms with Gasteiger partial charge in [0.1, 0.15) is 12.6 Å². The lowest BCUT2D eigenvalue weighted by atomic mass is 9.70. The molecule has 4 fully saturated rings. The molecule has 0 aromatic rings. The average molecular weight is 421 g/mol. The zero-order valence-electron chi connectivity index (χ0n) is 20.8. The third kappa shape index (κ3) is 3.18. The minimum atomic E-state index is -0.0393. The lowest BCUT2D eigenvalue weighted by Crippen LogP contribution is -2.49. The van der Waals surface area contributed by atoms with Crippen molar-refractivity contribution < 1.29 is 18.8 Å². The molecule has 4 heteroatoms. The number of quaternary nitrogens is 1. The van der Waals surface area contributed by atoms with Crippen LogP contribution in [0, 0.1) is 33.5 Å². The van der Waals surface area contributed by atoms with Crippen LogP contribution in [0.3, 0.4) is 0 Å². The van der Waals surface area contributed by atoms with Crippen LogP contribution in [0.15, 0.2) is 0 Å². The second-order valence-corrected chi connectivity index (χ2v) is 13.4. The number of hydrogen-bond acceptors (Lipinski definition) is 3. The number of likely N-dealkylation sites (N-methyl/N-ethyl adjacent to an activating group) is 1.